The molecular weight excluding hydrogens is 450 g/mol. The van der Waals surface area contributed by atoms with Crippen molar-refractivity contribution < 1.29 is 9.47 Å². The molecule has 3 aromatic rings. The van der Waals surface area contributed by atoms with E-state index in [4.69, 9.17) is 21.1 Å². The topological polar surface area (TPSA) is 65.7 Å². The molecule has 0 aliphatic carbocycles. The molecule has 7 nitrogen and oxygen atoms in total. The molecule has 0 amide bonds. The van der Waals surface area contributed by atoms with Gasteiger partial charge in [-0.3, -0.25) is 9.69 Å². The van der Waals surface area contributed by atoms with Crippen LogP contribution in [0.4, 0.5) is 0 Å². The molecule has 0 bridgehead atoms. The van der Waals surface area contributed by atoms with Crippen molar-refractivity contribution >= 4 is 23.1 Å². The average Bonchev–Trinajstić information content (AvgIpc) is 3.07. The van der Waals surface area contributed by atoms with E-state index >= 15 is 0 Å². The Kier molecular flexibility index (Phi) is 7.03. The maximum Gasteiger partial charge on any atom is 0.341 e. The molecule has 0 fully saturated rings. The van der Waals surface area contributed by atoms with Crippen LogP contribution in [0.1, 0.15) is 23.1 Å². The Balaban J connectivity index is 1.37. The lowest BCUT2D eigenvalue weighted by molar-refractivity contribution is 0.245. The molecule has 2 heterocycles. The zero-order valence-electron chi connectivity index (χ0n) is 18.2. The van der Waals surface area contributed by atoms with E-state index in [0.717, 1.165) is 61.1 Å². The zero-order chi connectivity index (χ0) is 22.7. The van der Waals surface area contributed by atoms with Gasteiger partial charge in [-0.2, -0.15) is 0 Å². The normalized spacial score (nSPS) is 13.7. The number of methoxy groups -OCH3 is 2. The second kappa shape index (κ2) is 9.94. The summed E-state index contributed by atoms with van der Waals surface area (Å²) in [7, 11) is 3.30. The Morgan fingerprint density at radius 1 is 1.00 bits per heavy atom. The van der Waals surface area contributed by atoms with E-state index in [0.29, 0.717) is 11.6 Å². The third-order valence-electron chi connectivity index (χ3n) is 5.74. The molecule has 9 heteroatoms. The van der Waals surface area contributed by atoms with Gasteiger partial charge in [-0.25, -0.2) is 13.3 Å². The van der Waals surface area contributed by atoms with Gasteiger partial charge >= 0.3 is 10.6 Å². The maximum absolute atomic E-state index is 12.7. The lowest BCUT2D eigenvalue weighted by Crippen LogP contribution is -2.33. The van der Waals surface area contributed by atoms with Crippen LogP contribution < -0.4 is 20.0 Å². The highest BCUT2D eigenvalue weighted by Gasteiger charge is 2.19. The van der Waals surface area contributed by atoms with Crippen LogP contribution in [0.15, 0.2) is 46.0 Å². The summed E-state index contributed by atoms with van der Waals surface area (Å²) < 4.78 is 13.7. The maximum atomic E-state index is 12.7. The lowest BCUT2D eigenvalue weighted by atomic mass is 9.98. The van der Waals surface area contributed by atoms with Gasteiger partial charge in [-0.05, 0) is 53.8 Å². The van der Waals surface area contributed by atoms with Gasteiger partial charge in [0.1, 0.15) is 0 Å². The van der Waals surface area contributed by atoms with E-state index < -0.39 is 0 Å². The molecule has 0 atom stereocenters. The summed E-state index contributed by atoms with van der Waals surface area (Å²) in [4.78, 5) is 27.2. The van der Waals surface area contributed by atoms with Gasteiger partial charge < -0.3 is 9.47 Å². The molecule has 2 aromatic carbocycles. The molecule has 4 rings (SSSR count). The Labute approximate surface area is 195 Å². The van der Waals surface area contributed by atoms with Crippen molar-refractivity contribution in [1.82, 2.24) is 13.4 Å². The van der Waals surface area contributed by atoms with E-state index in [1.165, 1.54) is 15.7 Å². The van der Waals surface area contributed by atoms with Crippen molar-refractivity contribution in [3.8, 4) is 11.5 Å². The van der Waals surface area contributed by atoms with Gasteiger partial charge in [0.2, 0.25) is 0 Å². The Morgan fingerprint density at radius 2 is 1.69 bits per heavy atom. The molecule has 0 unspecified atom stereocenters. The highest BCUT2D eigenvalue weighted by Crippen LogP contribution is 2.33. The number of benzene rings is 2. The second-order valence-corrected chi connectivity index (χ2v) is 9.22. The minimum Gasteiger partial charge on any atom is -0.493 e. The van der Waals surface area contributed by atoms with Gasteiger partial charge in [0, 0.05) is 42.7 Å². The van der Waals surface area contributed by atoms with Crippen LogP contribution in [0.2, 0.25) is 5.02 Å². The van der Waals surface area contributed by atoms with Crippen LogP contribution in [-0.2, 0) is 26.1 Å². The molecule has 1 aromatic heterocycles. The van der Waals surface area contributed by atoms with Crippen LogP contribution in [0, 0.1) is 0 Å². The highest BCUT2D eigenvalue weighted by atomic mass is 35.5. The van der Waals surface area contributed by atoms with Gasteiger partial charge in [-0.1, -0.05) is 23.7 Å². The molecule has 0 N–H and O–H groups in total. The van der Waals surface area contributed by atoms with Crippen molar-refractivity contribution in [2.24, 2.45) is 0 Å². The van der Waals surface area contributed by atoms with Crippen LogP contribution >= 0.6 is 23.1 Å². The minimum absolute atomic E-state index is 0.238. The fourth-order valence-corrected chi connectivity index (χ4v) is 4.96. The first-order valence-corrected chi connectivity index (χ1v) is 11.6. The van der Waals surface area contributed by atoms with E-state index in [2.05, 4.69) is 11.0 Å². The van der Waals surface area contributed by atoms with E-state index in [1.54, 1.807) is 30.3 Å². The molecule has 170 valence electrons. The van der Waals surface area contributed by atoms with Crippen molar-refractivity contribution in [3.63, 3.8) is 0 Å². The molecule has 1 aliphatic rings. The van der Waals surface area contributed by atoms with Gasteiger partial charge in [0.15, 0.2) is 11.5 Å². The van der Waals surface area contributed by atoms with E-state index in [9.17, 15) is 9.59 Å². The predicted molar refractivity (Wildman–Crippen MR) is 127 cm³/mol. The number of aromatic nitrogens is 2. The van der Waals surface area contributed by atoms with Crippen LogP contribution in [0.5, 0.6) is 11.5 Å². The van der Waals surface area contributed by atoms with E-state index in [1.807, 2.05) is 18.2 Å². The number of fused-ring (bicyclic) bond motifs is 1. The molecule has 0 spiro atoms. The molecule has 0 radical (unpaired) electrons. The summed E-state index contributed by atoms with van der Waals surface area (Å²) in [5, 5.41) is 0.627. The third kappa shape index (κ3) is 4.92. The SMILES string of the molecule is COc1cc2c(cc1OC)CN(CCCn1sc(=O)n(Cc3ccc(Cl)cc3)c1=O)CC2. The predicted octanol–water partition coefficient (Wildman–Crippen LogP) is 3.24. The van der Waals surface area contributed by atoms with Crippen LogP contribution in [-0.4, -0.2) is 40.7 Å². The van der Waals surface area contributed by atoms with Crippen molar-refractivity contribution in [3.05, 3.63) is 78.3 Å². The summed E-state index contributed by atoms with van der Waals surface area (Å²) in [6.45, 7) is 3.42. The van der Waals surface area contributed by atoms with Crippen LogP contribution in [0.25, 0.3) is 0 Å². The largest absolute Gasteiger partial charge is 0.493 e. The quantitative estimate of drug-likeness (QED) is 0.500. The van der Waals surface area contributed by atoms with Gasteiger partial charge in [-0.15, -0.1) is 0 Å². The fraction of sp³-hybridized carbons (Fsp3) is 0.391. The smallest absolute Gasteiger partial charge is 0.341 e. The average molecular weight is 476 g/mol. The Bertz CT molecular complexity index is 1200. The molecule has 0 saturated carbocycles. The first-order valence-electron chi connectivity index (χ1n) is 10.5. The lowest BCUT2D eigenvalue weighted by Gasteiger charge is -2.29. The number of rotatable bonds is 8. The first kappa shape index (κ1) is 22.6. The zero-order valence-corrected chi connectivity index (χ0v) is 19.7. The van der Waals surface area contributed by atoms with Crippen molar-refractivity contribution in [2.75, 3.05) is 27.3 Å². The van der Waals surface area contributed by atoms with Gasteiger partial charge in [0.25, 0.3) is 0 Å². The number of hydrogen-bond donors (Lipinski definition) is 0. The van der Waals surface area contributed by atoms with Crippen molar-refractivity contribution in [2.45, 2.75) is 32.5 Å². The summed E-state index contributed by atoms with van der Waals surface area (Å²) in [5.41, 5.74) is 3.14. The minimum atomic E-state index is -0.254. The molecule has 1 aliphatic heterocycles. The fourth-order valence-electron chi connectivity index (χ4n) is 4.01. The van der Waals surface area contributed by atoms with Gasteiger partial charge in [0.05, 0.1) is 20.8 Å². The summed E-state index contributed by atoms with van der Waals surface area (Å²) >= 11 is 6.90. The summed E-state index contributed by atoms with van der Waals surface area (Å²) in [6, 6.07) is 11.3. The van der Waals surface area contributed by atoms with Crippen molar-refractivity contribution in [1.29, 1.82) is 0 Å². The monoisotopic (exact) mass is 475 g/mol. The standard InChI is InChI=1S/C23H26ClN3O4S/c1-30-20-12-17-8-11-25(15-18(17)13-21(20)31-2)9-3-10-27-22(28)26(23(29)32-27)14-16-4-6-19(24)7-5-16/h4-7,12-13H,3,8-11,14-15H2,1-2H3. The number of nitrogens with zero attached hydrogens (tertiary/aromatic N) is 3. The summed E-state index contributed by atoms with van der Waals surface area (Å²) in [6.07, 6.45) is 1.74. The molecular formula is C23H26ClN3O4S. The van der Waals surface area contributed by atoms with Crippen LogP contribution in [0.3, 0.4) is 0 Å². The number of ether oxygens (including phenoxy) is 2. The Hall–Kier alpha value is -2.55. The summed E-state index contributed by atoms with van der Waals surface area (Å²) in [5.74, 6) is 1.50. The highest BCUT2D eigenvalue weighted by molar-refractivity contribution is 7.03. The number of aryl methyl sites for hydroxylation is 1. The number of halogens is 1. The third-order valence-corrected chi connectivity index (χ3v) is 6.93. The first-order chi connectivity index (χ1) is 15.5. The molecule has 32 heavy (non-hydrogen) atoms. The number of hydrogen-bond acceptors (Lipinski definition) is 6. The molecule has 0 saturated heterocycles. The second-order valence-electron chi connectivity index (χ2n) is 7.81. The Morgan fingerprint density at radius 3 is 2.38 bits per heavy atom. The van der Waals surface area contributed by atoms with E-state index in [-0.39, 0.29) is 17.1 Å².